The minimum absolute atomic E-state index is 0.0447. The van der Waals surface area contributed by atoms with Crippen LogP contribution in [0.4, 0.5) is 8.78 Å². The van der Waals surface area contributed by atoms with Crippen LogP contribution in [0.25, 0.3) is 11.3 Å². The maximum Gasteiger partial charge on any atom is 0.307 e. The number of nitrogens with zero attached hydrogens (tertiary/aromatic N) is 4. The normalized spacial score (nSPS) is 16.3. The fraction of sp³-hybridized carbons (Fsp3) is 0.333. The van der Waals surface area contributed by atoms with Gasteiger partial charge in [-0.15, -0.1) is 0 Å². The molecule has 0 amide bonds. The molecule has 7 nitrogen and oxygen atoms in total. The Kier molecular flexibility index (Phi) is 8.00. The van der Waals surface area contributed by atoms with E-state index in [-0.39, 0.29) is 12.5 Å². The van der Waals surface area contributed by atoms with E-state index in [1.54, 1.807) is 12.1 Å². The molecule has 1 N–H and O–H groups in total. The number of hydrogen-bond acceptors (Lipinski definition) is 6. The molecular weight excluding hydrogens is 466 g/mol. The van der Waals surface area contributed by atoms with Crippen LogP contribution in [-0.2, 0) is 29.2 Å². The summed E-state index contributed by atoms with van der Waals surface area (Å²) in [6.45, 7) is 5.95. The summed E-state index contributed by atoms with van der Waals surface area (Å²) >= 11 is 0. The van der Waals surface area contributed by atoms with Gasteiger partial charge in [0, 0.05) is 24.2 Å². The Morgan fingerprint density at radius 2 is 1.94 bits per heavy atom. The third-order valence-electron chi connectivity index (χ3n) is 6.41. The lowest BCUT2D eigenvalue weighted by molar-refractivity contribution is -0.141. The molecule has 0 spiro atoms. The van der Waals surface area contributed by atoms with Gasteiger partial charge in [0.05, 0.1) is 29.7 Å². The summed E-state index contributed by atoms with van der Waals surface area (Å²) in [5.74, 6) is -2.19. The minimum atomic E-state index is -0.728. The van der Waals surface area contributed by atoms with Crippen LogP contribution in [0.3, 0.4) is 0 Å². The molecule has 1 aromatic heterocycles. The summed E-state index contributed by atoms with van der Waals surface area (Å²) < 4.78 is 27.5. The van der Waals surface area contributed by atoms with Crippen LogP contribution in [0, 0.1) is 17.7 Å². The lowest BCUT2D eigenvalue weighted by Crippen LogP contribution is -2.23. The van der Waals surface area contributed by atoms with E-state index in [4.69, 9.17) is 4.84 Å². The monoisotopic (exact) mass is 494 g/mol. The number of halogens is 2. The van der Waals surface area contributed by atoms with Crippen LogP contribution in [0.5, 0.6) is 0 Å². The number of carboxylic acids is 1. The van der Waals surface area contributed by atoms with E-state index in [1.807, 2.05) is 13.0 Å². The molecule has 4 rings (SSSR count). The summed E-state index contributed by atoms with van der Waals surface area (Å²) in [5, 5.41) is 13.4. The van der Waals surface area contributed by atoms with Crippen LogP contribution in [-0.4, -0.2) is 44.7 Å². The van der Waals surface area contributed by atoms with Gasteiger partial charge in [0.1, 0.15) is 12.4 Å². The van der Waals surface area contributed by atoms with E-state index in [9.17, 15) is 18.7 Å². The number of benzene rings is 2. The van der Waals surface area contributed by atoms with Gasteiger partial charge in [-0.05, 0) is 55.1 Å². The van der Waals surface area contributed by atoms with E-state index < -0.39 is 17.7 Å². The molecule has 2 heterocycles. The van der Waals surface area contributed by atoms with E-state index in [0.717, 1.165) is 31.3 Å². The Bertz CT molecular complexity index is 1260. The lowest BCUT2D eigenvalue weighted by atomic mass is 9.99. The fourth-order valence-corrected chi connectivity index (χ4v) is 4.29. The van der Waals surface area contributed by atoms with E-state index in [1.165, 1.54) is 23.4 Å². The maximum absolute atomic E-state index is 14.6. The highest BCUT2D eigenvalue weighted by molar-refractivity contribution is 5.98. The fourth-order valence-electron chi connectivity index (χ4n) is 4.29. The van der Waals surface area contributed by atoms with Crippen molar-refractivity contribution < 1.29 is 23.5 Å². The Labute approximate surface area is 208 Å². The van der Waals surface area contributed by atoms with Crippen molar-refractivity contribution in [2.45, 2.75) is 39.8 Å². The van der Waals surface area contributed by atoms with Crippen molar-refractivity contribution >= 4 is 11.7 Å². The Morgan fingerprint density at radius 1 is 1.14 bits per heavy atom. The molecule has 0 bridgehead atoms. The third kappa shape index (κ3) is 6.09. The number of carboxylic acid groups (broad SMARTS) is 1. The summed E-state index contributed by atoms with van der Waals surface area (Å²) in [4.78, 5) is 26.3. The number of rotatable bonds is 9. The summed E-state index contributed by atoms with van der Waals surface area (Å²) in [6.07, 6.45) is 3.76. The molecule has 9 heteroatoms. The molecule has 188 valence electrons. The summed E-state index contributed by atoms with van der Waals surface area (Å²) in [6, 6.07) is 10.7. The first-order valence-corrected chi connectivity index (χ1v) is 11.8. The molecule has 0 saturated carbocycles. The first kappa shape index (κ1) is 25.4. The van der Waals surface area contributed by atoms with Gasteiger partial charge < -0.3 is 9.94 Å². The van der Waals surface area contributed by atoms with Crippen LogP contribution < -0.4 is 0 Å². The molecule has 1 saturated heterocycles. The molecule has 36 heavy (non-hydrogen) atoms. The SMILES string of the molecule is CCc1cc(/C(C)=N/OCc2ccc(-c3cnc(F)cn3)cc2F)ccc1CN1CC[C@H](C(=O)O)C1. The van der Waals surface area contributed by atoms with Crippen molar-refractivity contribution in [3.8, 4) is 11.3 Å². The molecule has 1 aliphatic rings. The van der Waals surface area contributed by atoms with Crippen LogP contribution in [0.1, 0.15) is 42.5 Å². The lowest BCUT2D eigenvalue weighted by Gasteiger charge is -2.18. The van der Waals surface area contributed by atoms with Crippen molar-refractivity contribution in [3.05, 3.63) is 82.8 Å². The zero-order valence-corrected chi connectivity index (χ0v) is 20.2. The predicted octanol–water partition coefficient (Wildman–Crippen LogP) is 4.83. The average molecular weight is 495 g/mol. The number of aromatic nitrogens is 2. The van der Waals surface area contributed by atoms with Crippen LogP contribution >= 0.6 is 0 Å². The quantitative estimate of drug-likeness (QED) is 0.339. The zero-order valence-electron chi connectivity index (χ0n) is 20.2. The summed E-state index contributed by atoms with van der Waals surface area (Å²) in [5.41, 5.74) is 5.12. The molecule has 0 aliphatic carbocycles. The molecule has 1 aliphatic heterocycles. The second-order valence-electron chi connectivity index (χ2n) is 8.88. The Morgan fingerprint density at radius 3 is 2.61 bits per heavy atom. The molecule has 2 aromatic carbocycles. The number of aryl methyl sites for hydroxylation is 1. The minimum Gasteiger partial charge on any atom is -0.481 e. The van der Waals surface area contributed by atoms with E-state index >= 15 is 0 Å². The van der Waals surface area contributed by atoms with Gasteiger partial charge >= 0.3 is 5.97 Å². The zero-order chi connectivity index (χ0) is 25.7. The first-order chi connectivity index (χ1) is 17.3. The van der Waals surface area contributed by atoms with Gasteiger partial charge in [-0.25, -0.2) is 14.4 Å². The molecule has 1 atom stereocenters. The molecule has 0 unspecified atom stereocenters. The maximum atomic E-state index is 14.6. The van der Waals surface area contributed by atoms with Crippen LogP contribution in [0.15, 0.2) is 53.9 Å². The molecule has 3 aromatic rings. The molecule has 1 fully saturated rings. The van der Waals surface area contributed by atoms with Gasteiger partial charge in [-0.3, -0.25) is 9.69 Å². The summed E-state index contributed by atoms with van der Waals surface area (Å²) in [7, 11) is 0. The van der Waals surface area contributed by atoms with Gasteiger partial charge in [0.25, 0.3) is 0 Å². The second kappa shape index (κ2) is 11.3. The van der Waals surface area contributed by atoms with Gasteiger partial charge in [0.15, 0.2) is 0 Å². The first-order valence-electron chi connectivity index (χ1n) is 11.8. The topological polar surface area (TPSA) is 87.9 Å². The van der Waals surface area contributed by atoms with Crippen molar-refractivity contribution in [1.29, 1.82) is 0 Å². The van der Waals surface area contributed by atoms with Gasteiger partial charge in [-0.2, -0.15) is 4.39 Å². The highest BCUT2D eigenvalue weighted by Gasteiger charge is 2.28. The van der Waals surface area contributed by atoms with E-state index in [2.05, 4.69) is 39.1 Å². The molecular formula is C27H28F2N4O3. The number of oxime groups is 1. The number of hydrogen-bond donors (Lipinski definition) is 1. The third-order valence-corrected chi connectivity index (χ3v) is 6.41. The van der Waals surface area contributed by atoms with Crippen molar-refractivity contribution in [3.63, 3.8) is 0 Å². The largest absolute Gasteiger partial charge is 0.481 e. The average Bonchev–Trinajstić information content (AvgIpc) is 3.34. The Balaban J connectivity index is 1.38. The van der Waals surface area contributed by atoms with Crippen molar-refractivity contribution in [2.24, 2.45) is 11.1 Å². The smallest absolute Gasteiger partial charge is 0.307 e. The van der Waals surface area contributed by atoms with Gasteiger partial charge in [-0.1, -0.05) is 36.3 Å². The number of likely N-dealkylation sites (tertiary alicyclic amines) is 1. The predicted molar refractivity (Wildman–Crippen MR) is 131 cm³/mol. The molecule has 0 radical (unpaired) electrons. The highest BCUT2D eigenvalue weighted by atomic mass is 19.1. The van der Waals surface area contributed by atoms with E-state index in [0.29, 0.717) is 35.5 Å². The van der Waals surface area contributed by atoms with Crippen molar-refractivity contribution in [2.75, 3.05) is 13.1 Å². The number of carbonyl (C=O) groups is 1. The van der Waals surface area contributed by atoms with Crippen LogP contribution in [0.2, 0.25) is 0 Å². The standard InChI is InChI=1S/C27H28F2N4O3/c1-3-18-10-19(4-6-21(18)14-33-9-8-22(15-33)27(34)35)17(2)32-36-16-23-7-5-20(11-24(23)28)25-12-31-26(29)13-30-25/h4-7,10-13,22H,3,8-9,14-16H2,1-2H3,(H,34,35)/b32-17+/t22-/m0/s1. The Hall–Kier alpha value is -3.72. The number of aliphatic carboxylic acids is 1. The second-order valence-corrected chi connectivity index (χ2v) is 8.88. The highest BCUT2D eigenvalue weighted by Crippen LogP contribution is 2.23. The van der Waals surface area contributed by atoms with Gasteiger partial charge in [0.2, 0.25) is 5.95 Å². The van der Waals surface area contributed by atoms with Crippen molar-refractivity contribution in [1.82, 2.24) is 14.9 Å².